The van der Waals surface area contributed by atoms with E-state index in [1.807, 2.05) is 30.3 Å². The summed E-state index contributed by atoms with van der Waals surface area (Å²) in [5, 5.41) is 1.08. The maximum absolute atomic E-state index is 12.4. The molecule has 3 aromatic rings. The van der Waals surface area contributed by atoms with Crippen molar-refractivity contribution >= 4 is 69.3 Å². The molecule has 0 N–H and O–H groups in total. The highest BCUT2D eigenvalue weighted by molar-refractivity contribution is 14.1. The Labute approximate surface area is 203 Å². The van der Waals surface area contributed by atoms with E-state index in [9.17, 15) is 4.79 Å². The summed E-state index contributed by atoms with van der Waals surface area (Å²) < 4.78 is 12.3. The molecule has 0 saturated carbocycles. The molecule has 0 fully saturated rings. The number of allylic oxidation sites excluding steroid dienone is 1. The Morgan fingerprint density at radius 3 is 2.30 bits per heavy atom. The first-order chi connectivity index (χ1) is 14.4. The van der Waals surface area contributed by atoms with Crippen LogP contribution in [0.2, 0.25) is 15.1 Å². The van der Waals surface area contributed by atoms with Gasteiger partial charge in [0.2, 0.25) is 0 Å². The zero-order chi connectivity index (χ0) is 21.7. The van der Waals surface area contributed by atoms with Crippen molar-refractivity contribution in [1.29, 1.82) is 0 Å². The fourth-order valence-corrected chi connectivity index (χ4v) is 4.00. The minimum atomic E-state index is -0.0697. The molecule has 3 rings (SSSR count). The zero-order valence-electron chi connectivity index (χ0n) is 15.8. The number of halogens is 4. The van der Waals surface area contributed by atoms with Crippen molar-refractivity contribution < 1.29 is 14.3 Å². The second-order valence-electron chi connectivity index (χ2n) is 6.26. The Balaban J connectivity index is 1.78. The van der Waals surface area contributed by atoms with Crippen LogP contribution in [0, 0.1) is 3.57 Å². The molecule has 0 radical (unpaired) electrons. The largest absolute Gasteiger partial charge is 0.496 e. The molecule has 0 saturated heterocycles. The summed E-state index contributed by atoms with van der Waals surface area (Å²) >= 11 is 20.5. The van der Waals surface area contributed by atoms with Gasteiger partial charge in [-0.1, -0.05) is 59.1 Å². The molecule has 0 spiro atoms. The molecular weight excluding hydrogens is 558 g/mol. The quantitative estimate of drug-likeness (QED) is 0.165. The average Bonchev–Trinajstić information content (AvgIpc) is 2.71. The van der Waals surface area contributed by atoms with Crippen LogP contribution in [-0.2, 0) is 6.61 Å². The Morgan fingerprint density at radius 2 is 1.67 bits per heavy atom. The predicted molar refractivity (Wildman–Crippen MR) is 131 cm³/mol. The topological polar surface area (TPSA) is 35.5 Å². The normalized spacial score (nSPS) is 11.0. The van der Waals surface area contributed by atoms with Crippen molar-refractivity contribution in [2.24, 2.45) is 0 Å². The molecular formula is C23H16Cl3IO3. The molecule has 7 heteroatoms. The summed E-state index contributed by atoms with van der Waals surface area (Å²) in [6, 6.07) is 16.1. The number of rotatable bonds is 7. The molecule has 0 aliphatic rings. The number of hydrogen-bond donors (Lipinski definition) is 0. The number of carbonyl (C=O) groups is 1. The summed E-state index contributed by atoms with van der Waals surface area (Å²) in [4.78, 5) is 12.4. The van der Waals surface area contributed by atoms with Gasteiger partial charge in [0.25, 0.3) is 0 Å². The Morgan fingerprint density at radius 1 is 1.00 bits per heavy atom. The van der Waals surface area contributed by atoms with Gasteiger partial charge in [0.15, 0.2) is 11.5 Å². The van der Waals surface area contributed by atoms with Crippen molar-refractivity contribution in [2.75, 3.05) is 7.11 Å². The average molecular weight is 574 g/mol. The van der Waals surface area contributed by atoms with Crippen molar-refractivity contribution in [3.05, 3.63) is 96.0 Å². The van der Waals surface area contributed by atoms with Crippen LogP contribution in [0.15, 0.2) is 60.7 Å². The van der Waals surface area contributed by atoms with Gasteiger partial charge in [-0.15, -0.1) is 0 Å². The molecule has 0 amide bonds. The van der Waals surface area contributed by atoms with Gasteiger partial charge in [-0.25, -0.2) is 0 Å². The molecule has 3 nitrogen and oxygen atoms in total. The maximum atomic E-state index is 12.4. The minimum Gasteiger partial charge on any atom is -0.496 e. The van der Waals surface area contributed by atoms with E-state index in [0.29, 0.717) is 32.1 Å². The lowest BCUT2D eigenvalue weighted by atomic mass is 10.1. The monoisotopic (exact) mass is 572 g/mol. The molecule has 0 heterocycles. The molecule has 3 aromatic carbocycles. The fraction of sp³-hybridized carbons (Fsp3) is 0.0870. The van der Waals surface area contributed by atoms with Gasteiger partial charge < -0.3 is 9.47 Å². The number of benzene rings is 3. The molecule has 0 atom stereocenters. The third-order valence-corrected chi connectivity index (χ3v) is 5.69. The molecule has 30 heavy (non-hydrogen) atoms. The molecule has 0 aliphatic carbocycles. The molecule has 0 bridgehead atoms. The third kappa shape index (κ3) is 5.91. The Kier molecular flexibility index (Phi) is 8.06. The van der Waals surface area contributed by atoms with E-state index < -0.39 is 0 Å². The lowest BCUT2D eigenvalue weighted by Gasteiger charge is -2.13. The first-order valence-electron chi connectivity index (χ1n) is 8.79. The number of ether oxygens (including phenoxy) is 2. The summed E-state index contributed by atoms with van der Waals surface area (Å²) in [6.07, 6.45) is 3.30. The highest BCUT2D eigenvalue weighted by Crippen LogP contribution is 2.36. The molecule has 0 unspecified atom stereocenters. The summed E-state index contributed by atoms with van der Waals surface area (Å²) in [5.74, 6) is 0.927. The van der Waals surface area contributed by atoms with E-state index in [2.05, 4.69) is 22.6 Å². The highest BCUT2D eigenvalue weighted by Gasteiger charge is 2.12. The van der Waals surface area contributed by atoms with Gasteiger partial charge in [-0.3, -0.25) is 4.79 Å². The smallest absolute Gasteiger partial charge is 0.185 e. The zero-order valence-corrected chi connectivity index (χ0v) is 20.2. The van der Waals surface area contributed by atoms with E-state index in [1.165, 1.54) is 0 Å². The Bertz CT molecular complexity index is 1070. The van der Waals surface area contributed by atoms with E-state index in [4.69, 9.17) is 44.3 Å². The van der Waals surface area contributed by atoms with Gasteiger partial charge >= 0.3 is 0 Å². The lowest BCUT2D eigenvalue weighted by molar-refractivity contribution is 0.104. The van der Waals surface area contributed by atoms with Crippen LogP contribution in [0.25, 0.3) is 6.08 Å². The van der Waals surface area contributed by atoms with Crippen LogP contribution in [0.4, 0.5) is 0 Å². The SMILES string of the molecule is COc1ccc(/C=C/C(=O)c2ccc(I)cc2)cc1COc1c(Cl)cc(Cl)cc1Cl. The summed E-state index contributed by atoms with van der Waals surface area (Å²) in [7, 11) is 1.58. The Hall–Kier alpha value is -1.73. The molecule has 0 aromatic heterocycles. The first kappa shape index (κ1) is 22.9. The number of hydrogen-bond acceptors (Lipinski definition) is 3. The lowest BCUT2D eigenvalue weighted by Crippen LogP contribution is -2.00. The first-order valence-corrected chi connectivity index (χ1v) is 11.0. The van der Waals surface area contributed by atoms with Gasteiger partial charge in [-0.05, 0) is 70.6 Å². The third-order valence-electron chi connectivity index (χ3n) is 4.20. The van der Waals surface area contributed by atoms with Crippen LogP contribution < -0.4 is 9.47 Å². The number of carbonyl (C=O) groups excluding carboxylic acids is 1. The van der Waals surface area contributed by atoms with E-state index in [0.717, 1.165) is 14.7 Å². The van der Waals surface area contributed by atoms with E-state index in [-0.39, 0.29) is 12.4 Å². The maximum Gasteiger partial charge on any atom is 0.185 e. The van der Waals surface area contributed by atoms with Gasteiger partial charge in [-0.2, -0.15) is 0 Å². The van der Waals surface area contributed by atoms with Gasteiger partial charge in [0.05, 0.1) is 17.2 Å². The van der Waals surface area contributed by atoms with Crippen LogP contribution in [0.3, 0.4) is 0 Å². The number of methoxy groups -OCH3 is 1. The summed E-state index contributed by atoms with van der Waals surface area (Å²) in [6.45, 7) is 0.178. The van der Waals surface area contributed by atoms with Crippen molar-refractivity contribution in [2.45, 2.75) is 6.61 Å². The summed E-state index contributed by atoms with van der Waals surface area (Å²) in [5.41, 5.74) is 2.25. The molecule has 0 aliphatic heterocycles. The van der Waals surface area contributed by atoms with Crippen molar-refractivity contribution in [3.8, 4) is 11.5 Å². The predicted octanol–water partition coefficient (Wildman–Crippen LogP) is 7.74. The number of ketones is 1. The van der Waals surface area contributed by atoms with E-state index in [1.54, 1.807) is 43.5 Å². The van der Waals surface area contributed by atoms with Crippen molar-refractivity contribution in [3.63, 3.8) is 0 Å². The minimum absolute atomic E-state index is 0.0697. The van der Waals surface area contributed by atoms with Gasteiger partial charge in [0.1, 0.15) is 12.4 Å². The fourth-order valence-electron chi connectivity index (χ4n) is 2.71. The standard InChI is InChI=1S/C23H16Cl3IO3/c1-29-22-9-3-14(2-8-21(28)15-4-6-18(27)7-5-15)10-16(22)13-30-23-19(25)11-17(24)12-20(23)26/h2-12H,13H2,1H3/b8-2+. The van der Waals surface area contributed by atoms with E-state index >= 15 is 0 Å². The second kappa shape index (κ2) is 10.5. The van der Waals surface area contributed by atoms with Crippen LogP contribution >= 0.6 is 57.4 Å². The van der Waals surface area contributed by atoms with Crippen LogP contribution in [0.5, 0.6) is 11.5 Å². The van der Waals surface area contributed by atoms with Gasteiger partial charge in [0, 0.05) is 19.7 Å². The van der Waals surface area contributed by atoms with Crippen LogP contribution in [-0.4, -0.2) is 12.9 Å². The highest BCUT2D eigenvalue weighted by atomic mass is 127. The molecule has 154 valence electrons. The van der Waals surface area contributed by atoms with Crippen LogP contribution in [0.1, 0.15) is 21.5 Å². The second-order valence-corrected chi connectivity index (χ2v) is 8.76. The van der Waals surface area contributed by atoms with Crippen molar-refractivity contribution in [1.82, 2.24) is 0 Å².